The molecule has 3 heterocycles. The van der Waals surface area contributed by atoms with Crippen LogP contribution in [-0.4, -0.2) is 38.5 Å². The Morgan fingerprint density at radius 3 is 2.83 bits per heavy atom. The molecule has 3 aromatic heterocycles. The molecule has 0 saturated heterocycles. The standard InChI is InChI=1S/C22H24N4O2S/c1-4-11-26(13-19-24-25-22(28-19)18-10-7-12-29-18)15(3)21(27)20-14(2)23-17-9-6-5-8-16(17)20/h5-10,12,15,23H,4,11,13H2,1-3H3/t15-/m0/s1. The minimum absolute atomic E-state index is 0.103. The highest BCUT2D eigenvalue weighted by atomic mass is 32.1. The fourth-order valence-corrected chi connectivity index (χ4v) is 4.30. The number of nitrogens with zero attached hydrogens (tertiary/aromatic N) is 3. The summed E-state index contributed by atoms with van der Waals surface area (Å²) in [6.45, 7) is 7.22. The van der Waals surface area contributed by atoms with Crippen molar-refractivity contribution < 1.29 is 9.21 Å². The van der Waals surface area contributed by atoms with E-state index in [1.54, 1.807) is 11.3 Å². The molecule has 0 fully saturated rings. The van der Waals surface area contributed by atoms with Crippen LogP contribution in [0.4, 0.5) is 0 Å². The first-order valence-corrected chi connectivity index (χ1v) is 10.7. The lowest BCUT2D eigenvalue weighted by atomic mass is 10.0. The fourth-order valence-electron chi connectivity index (χ4n) is 3.66. The Labute approximate surface area is 173 Å². The number of carbonyl (C=O) groups is 1. The molecule has 0 unspecified atom stereocenters. The van der Waals surface area contributed by atoms with Gasteiger partial charge in [-0.2, -0.15) is 0 Å². The van der Waals surface area contributed by atoms with Crippen LogP contribution in [0, 0.1) is 6.92 Å². The van der Waals surface area contributed by atoms with Crippen LogP contribution in [0.5, 0.6) is 0 Å². The van der Waals surface area contributed by atoms with Gasteiger partial charge in [0.25, 0.3) is 5.89 Å². The number of aromatic nitrogens is 3. The van der Waals surface area contributed by atoms with Crippen molar-refractivity contribution in [3.05, 3.63) is 58.9 Å². The maximum atomic E-state index is 13.4. The fraction of sp³-hybridized carbons (Fsp3) is 0.318. The molecule has 1 atom stereocenters. The van der Waals surface area contributed by atoms with Crippen LogP contribution in [-0.2, 0) is 6.54 Å². The number of hydrogen-bond donors (Lipinski definition) is 1. The normalized spacial score (nSPS) is 12.7. The van der Waals surface area contributed by atoms with Crippen molar-refractivity contribution in [1.29, 1.82) is 0 Å². The minimum atomic E-state index is -0.301. The van der Waals surface area contributed by atoms with Crippen molar-refractivity contribution in [2.75, 3.05) is 6.54 Å². The lowest BCUT2D eigenvalue weighted by Gasteiger charge is -2.26. The largest absolute Gasteiger partial charge is 0.419 e. The van der Waals surface area contributed by atoms with Gasteiger partial charge in [-0.15, -0.1) is 21.5 Å². The van der Waals surface area contributed by atoms with Gasteiger partial charge in [-0.3, -0.25) is 9.69 Å². The number of carbonyl (C=O) groups excluding carboxylic acids is 1. The first-order chi connectivity index (χ1) is 14.1. The predicted octanol–water partition coefficient (Wildman–Crippen LogP) is 5.07. The zero-order valence-electron chi connectivity index (χ0n) is 16.8. The third kappa shape index (κ3) is 3.88. The molecule has 4 aromatic rings. The molecule has 1 aromatic carbocycles. The molecule has 29 heavy (non-hydrogen) atoms. The molecule has 0 aliphatic rings. The second-order valence-electron chi connectivity index (χ2n) is 7.16. The van der Waals surface area contributed by atoms with Gasteiger partial charge >= 0.3 is 0 Å². The highest BCUT2D eigenvalue weighted by Gasteiger charge is 2.27. The number of rotatable bonds is 8. The second-order valence-corrected chi connectivity index (χ2v) is 8.11. The van der Waals surface area contributed by atoms with Crippen LogP contribution in [0.1, 0.15) is 42.2 Å². The van der Waals surface area contributed by atoms with Crippen molar-refractivity contribution in [1.82, 2.24) is 20.1 Å². The minimum Gasteiger partial charge on any atom is -0.419 e. The van der Waals surface area contributed by atoms with E-state index in [-0.39, 0.29) is 11.8 Å². The summed E-state index contributed by atoms with van der Waals surface area (Å²) >= 11 is 1.56. The Morgan fingerprint density at radius 2 is 2.07 bits per heavy atom. The number of hydrogen-bond acceptors (Lipinski definition) is 6. The van der Waals surface area contributed by atoms with Crippen molar-refractivity contribution >= 4 is 28.0 Å². The van der Waals surface area contributed by atoms with Gasteiger partial charge < -0.3 is 9.40 Å². The summed E-state index contributed by atoms with van der Waals surface area (Å²) in [5.41, 5.74) is 2.65. The summed E-state index contributed by atoms with van der Waals surface area (Å²) < 4.78 is 5.85. The van der Waals surface area contributed by atoms with E-state index in [0.717, 1.165) is 40.0 Å². The summed E-state index contributed by atoms with van der Waals surface area (Å²) in [6.07, 6.45) is 0.927. The number of aromatic amines is 1. The van der Waals surface area contributed by atoms with Gasteiger partial charge in [0.2, 0.25) is 5.89 Å². The van der Waals surface area contributed by atoms with Gasteiger partial charge in [-0.25, -0.2) is 0 Å². The van der Waals surface area contributed by atoms with Crippen LogP contribution in [0.15, 0.2) is 46.2 Å². The Balaban J connectivity index is 1.58. The number of aryl methyl sites for hydroxylation is 1. The van der Waals surface area contributed by atoms with Crippen LogP contribution >= 0.6 is 11.3 Å². The van der Waals surface area contributed by atoms with Gasteiger partial charge in [-0.05, 0) is 44.3 Å². The number of thiophene rings is 1. The molecular weight excluding hydrogens is 384 g/mol. The van der Waals surface area contributed by atoms with E-state index >= 15 is 0 Å². The zero-order chi connectivity index (χ0) is 20.4. The molecule has 0 saturated carbocycles. The average Bonchev–Trinajstić information content (AvgIpc) is 3.45. The van der Waals surface area contributed by atoms with E-state index in [1.165, 1.54) is 0 Å². The SMILES string of the molecule is CCCN(Cc1nnc(-c2cccs2)o1)[C@@H](C)C(=O)c1c(C)[nH]c2ccccc12. The Morgan fingerprint density at radius 1 is 1.24 bits per heavy atom. The molecule has 0 aliphatic heterocycles. The van der Waals surface area contributed by atoms with Crippen LogP contribution in [0.3, 0.4) is 0 Å². The van der Waals surface area contributed by atoms with E-state index in [9.17, 15) is 4.79 Å². The van der Waals surface area contributed by atoms with Crippen molar-refractivity contribution in [2.24, 2.45) is 0 Å². The van der Waals surface area contributed by atoms with Crippen molar-refractivity contribution in [2.45, 2.75) is 39.8 Å². The number of ketones is 1. The molecule has 150 valence electrons. The first-order valence-electron chi connectivity index (χ1n) is 9.80. The molecule has 4 rings (SSSR count). The Bertz CT molecular complexity index is 1110. The highest BCUT2D eigenvalue weighted by Crippen LogP contribution is 2.26. The van der Waals surface area contributed by atoms with E-state index in [2.05, 4.69) is 27.0 Å². The van der Waals surface area contributed by atoms with E-state index < -0.39 is 0 Å². The zero-order valence-corrected chi connectivity index (χ0v) is 17.6. The first kappa shape index (κ1) is 19.5. The predicted molar refractivity (Wildman–Crippen MR) is 115 cm³/mol. The summed E-state index contributed by atoms with van der Waals surface area (Å²) in [5.74, 6) is 1.15. The molecule has 0 bridgehead atoms. The molecule has 6 nitrogen and oxygen atoms in total. The van der Waals surface area contributed by atoms with E-state index in [1.807, 2.05) is 55.6 Å². The van der Waals surface area contributed by atoms with Crippen molar-refractivity contribution in [3.63, 3.8) is 0 Å². The van der Waals surface area contributed by atoms with Crippen LogP contribution < -0.4 is 0 Å². The smallest absolute Gasteiger partial charge is 0.257 e. The molecular formula is C22H24N4O2S. The van der Waals surface area contributed by atoms with Gasteiger partial charge in [-0.1, -0.05) is 31.2 Å². The van der Waals surface area contributed by atoms with E-state index in [0.29, 0.717) is 18.3 Å². The summed E-state index contributed by atoms with van der Waals surface area (Å²) in [4.78, 5) is 19.8. The third-order valence-electron chi connectivity index (χ3n) is 5.12. The Kier molecular flexibility index (Phi) is 5.60. The summed E-state index contributed by atoms with van der Waals surface area (Å²) in [5, 5.41) is 11.3. The van der Waals surface area contributed by atoms with E-state index in [4.69, 9.17) is 4.42 Å². The average molecular weight is 409 g/mol. The lowest BCUT2D eigenvalue weighted by Crippen LogP contribution is -2.39. The molecule has 0 amide bonds. The molecule has 7 heteroatoms. The lowest BCUT2D eigenvalue weighted by molar-refractivity contribution is 0.0816. The number of H-pyrrole nitrogens is 1. The van der Waals surface area contributed by atoms with Crippen LogP contribution in [0.25, 0.3) is 21.7 Å². The van der Waals surface area contributed by atoms with Crippen molar-refractivity contribution in [3.8, 4) is 10.8 Å². The summed E-state index contributed by atoms with van der Waals surface area (Å²) in [7, 11) is 0. The Hall–Kier alpha value is -2.77. The second kappa shape index (κ2) is 8.31. The van der Waals surface area contributed by atoms with Gasteiger partial charge in [0.1, 0.15) is 0 Å². The maximum Gasteiger partial charge on any atom is 0.257 e. The van der Waals surface area contributed by atoms with Gasteiger partial charge in [0.15, 0.2) is 5.78 Å². The molecule has 1 N–H and O–H groups in total. The number of Topliss-reactive ketones (excluding diaryl/α,β-unsaturated/α-hetero) is 1. The maximum absolute atomic E-state index is 13.4. The number of para-hydroxylation sites is 1. The highest BCUT2D eigenvalue weighted by molar-refractivity contribution is 7.13. The topological polar surface area (TPSA) is 75.0 Å². The number of fused-ring (bicyclic) bond motifs is 1. The van der Waals surface area contributed by atoms with Gasteiger partial charge in [0.05, 0.1) is 17.5 Å². The molecule has 0 radical (unpaired) electrons. The molecule has 0 spiro atoms. The molecule has 0 aliphatic carbocycles. The third-order valence-corrected chi connectivity index (χ3v) is 5.97. The van der Waals surface area contributed by atoms with Crippen LogP contribution in [0.2, 0.25) is 0 Å². The summed E-state index contributed by atoms with van der Waals surface area (Å²) in [6, 6.07) is 11.5. The number of benzene rings is 1. The number of nitrogens with one attached hydrogen (secondary N) is 1. The quantitative estimate of drug-likeness (QED) is 0.412. The monoisotopic (exact) mass is 408 g/mol. The van der Waals surface area contributed by atoms with Gasteiger partial charge in [0, 0.05) is 22.2 Å².